The van der Waals surface area contributed by atoms with E-state index < -0.39 is 10.0 Å². The standard InChI is InChI=1S/C10H9BrN4O2S/c11-8-6-13-3-2-9(8)15-18(16,17)7-1-4-14-10(12)5-7/h1-6H,(H2,12,14)(H,13,15). The van der Waals surface area contributed by atoms with Gasteiger partial charge in [0.05, 0.1) is 15.1 Å². The predicted octanol–water partition coefficient (Wildman–Crippen LogP) is 1.62. The number of sulfonamides is 1. The Hall–Kier alpha value is -1.67. The zero-order valence-electron chi connectivity index (χ0n) is 9.04. The minimum Gasteiger partial charge on any atom is -0.384 e. The maximum absolute atomic E-state index is 12.1. The van der Waals surface area contributed by atoms with Crippen LogP contribution in [0.4, 0.5) is 11.5 Å². The van der Waals surface area contributed by atoms with E-state index in [0.29, 0.717) is 10.2 Å². The van der Waals surface area contributed by atoms with Crippen LogP contribution < -0.4 is 10.5 Å². The Labute approximate surface area is 112 Å². The summed E-state index contributed by atoms with van der Waals surface area (Å²) in [5, 5.41) is 0. The van der Waals surface area contributed by atoms with Crippen LogP contribution in [-0.2, 0) is 10.0 Å². The molecule has 8 heteroatoms. The molecule has 2 rings (SSSR count). The molecule has 0 aliphatic carbocycles. The quantitative estimate of drug-likeness (QED) is 0.892. The maximum atomic E-state index is 12.1. The van der Waals surface area contributed by atoms with Crippen LogP contribution in [0.25, 0.3) is 0 Å². The van der Waals surface area contributed by atoms with E-state index in [2.05, 4.69) is 30.6 Å². The first-order valence-electron chi connectivity index (χ1n) is 4.83. The number of anilines is 2. The number of nitrogen functional groups attached to an aromatic ring is 1. The van der Waals surface area contributed by atoms with E-state index >= 15 is 0 Å². The molecule has 2 aromatic rings. The van der Waals surface area contributed by atoms with E-state index in [9.17, 15) is 8.42 Å². The highest BCUT2D eigenvalue weighted by Gasteiger charge is 2.15. The van der Waals surface area contributed by atoms with E-state index in [-0.39, 0.29) is 10.7 Å². The molecule has 0 bridgehead atoms. The molecule has 6 nitrogen and oxygen atoms in total. The zero-order chi connectivity index (χ0) is 13.2. The van der Waals surface area contributed by atoms with Crippen molar-refractivity contribution in [2.75, 3.05) is 10.5 Å². The Morgan fingerprint density at radius 2 is 2.06 bits per heavy atom. The number of pyridine rings is 2. The van der Waals surface area contributed by atoms with E-state index in [4.69, 9.17) is 5.73 Å². The molecule has 2 aromatic heterocycles. The monoisotopic (exact) mass is 328 g/mol. The number of hydrogen-bond acceptors (Lipinski definition) is 5. The first-order valence-corrected chi connectivity index (χ1v) is 7.10. The minimum absolute atomic E-state index is 0.0544. The second-order valence-electron chi connectivity index (χ2n) is 3.38. The lowest BCUT2D eigenvalue weighted by atomic mass is 10.4. The number of nitrogens with zero attached hydrogens (tertiary/aromatic N) is 2. The van der Waals surface area contributed by atoms with E-state index in [0.717, 1.165) is 0 Å². The fraction of sp³-hybridized carbons (Fsp3) is 0. The topological polar surface area (TPSA) is 98.0 Å². The molecule has 0 spiro atoms. The van der Waals surface area contributed by atoms with Gasteiger partial charge >= 0.3 is 0 Å². The van der Waals surface area contributed by atoms with Gasteiger partial charge in [-0.2, -0.15) is 0 Å². The highest BCUT2D eigenvalue weighted by Crippen LogP contribution is 2.23. The van der Waals surface area contributed by atoms with Gasteiger partial charge in [0.2, 0.25) is 0 Å². The molecule has 3 N–H and O–H groups in total. The Morgan fingerprint density at radius 1 is 1.28 bits per heavy atom. The largest absolute Gasteiger partial charge is 0.384 e. The summed E-state index contributed by atoms with van der Waals surface area (Å²) in [4.78, 5) is 7.65. The Kier molecular flexibility index (Phi) is 3.48. The summed E-state index contributed by atoms with van der Waals surface area (Å²) in [6, 6.07) is 4.21. The second-order valence-corrected chi connectivity index (χ2v) is 5.91. The number of rotatable bonds is 3. The number of nitrogens with two attached hydrogens (primary N) is 1. The van der Waals surface area contributed by atoms with Gasteiger partial charge in [-0.1, -0.05) is 0 Å². The van der Waals surface area contributed by atoms with Crippen molar-refractivity contribution >= 4 is 37.5 Å². The highest BCUT2D eigenvalue weighted by atomic mass is 79.9. The van der Waals surface area contributed by atoms with Crippen molar-refractivity contribution in [3.05, 3.63) is 41.3 Å². The molecule has 0 fully saturated rings. The molecule has 0 amide bonds. The molecule has 0 radical (unpaired) electrons. The summed E-state index contributed by atoms with van der Waals surface area (Å²) in [5.74, 6) is 0.145. The van der Waals surface area contributed by atoms with E-state index in [1.165, 1.54) is 30.7 Å². The van der Waals surface area contributed by atoms with E-state index in [1.807, 2.05) is 0 Å². The fourth-order valence-electron chi connectivity index (χ4n) is 1.26. The van der Waals surface area contributed by atoms with Gasteiger partial charge in [0.1, 0.15) is 5.82 Å². The molecular weight excluding hydrogens is 320 g/mol. The molecule has 0 atom stereocenters. The van der Waals surface area contributed by atoms with Gasteiger partial charge in [-0.15, -0.1) is 0 Å². The lowest BCUT2D eigenvalue weighted by Gasteiger charge is -2.09. The highest BCUT2D eigenvalue weighted by molar-refractivity contribution is 9.10. The minimum atomic E-state index is -3.69. The molecule has 0 aliphatic heterocycles. The van der Waals surface area contributed by atoms with Crippen LogP contribution in [0, 0.1) is 0 Å². The van der Waals surface area contributed by atoms with Crippen molar-refractivity contribution in [1.29, 1.82) is 0 Å². The van der Waals surface area contributed by atoms with Crippen LogP contribution in [0.5, 0.6) is 0 Å². The smallest absolute Gasteiger partial charge is 0.262 e. The molecule has 2 heterocycles. The molecule has 0 aliphatic rings. The van der Waals surface area contributed by atoms with Gasteiger partial charge in [-0.05, 0) is 28.1 Å². The number of hydrogen-bond donors (Lipinski definition) is 2. The molecule has 0 aromatic carbocycles. The van der Waals surface area contributed by atoms with Crippen LogP contribution in [0.3, 0.4) is 0 Å². The first-order chi connectivity index (χ1) is 8.49. The molecule has 0 saturated heterocycles. The van der Waals surface area contributed by atoms with Crippen molar-refractivity contribution in [2.24, 2.45) is 0 Å². The average Bonchev–Trinajstić information content (AvgIpc) is 2.32. The lowest BCUT2D eigenvalue weighted by Crippen LogP contribution is -2.13. The summed E-state index contributed by atoms with van der Waals surface area (Å²) < 4.78 is 27.1. The molecule has 18 heavy (non-hydrogen) atoms. The van der Waals surface area contributed by atoms with Crippen molar-refractivity contribution < 1.29 is 8.42 Å². The molecular formula is C10H9BrN4O2S. The Bertz CT molecular complexity index is 675. The molecule has 94 valence electrons. The zero-order valence-corrected chi connectivity index (χ0v) is 11.4. The summed E-state index contributed by atoms with van der Waals surface area (Å²) in [6.45, 7) is 0. The van der Waals surface area contributed by atoms with Gasteiger partial charge in [-0.25, -0.2) is 13.4 Å². The van der Waals surface area contributed by atoms with E-state index in [1.54, 1.807) is 6.07 Å². The van der Waals surface area contributed by atoms with Gasteiger partial charge in [0.25, 0.3) is 10.0 Å². The molecule has 0 unspecified atom stereocenters. The average molecular weight is 329 g/mol. The van der Waals surface area contributed by atoms with Crippen LogP contribution in [-0.4, -0.2) is 18.4 Å². The number of aromatic nitrogens is 2. The maximum Gasteiger partial charge on any atom is 0.262 e. The number of nitrogens with one attached hydrogen (secondary N) is 1. The van der Waals surface area contributed by atoms with Crippen LogP contribution >= 0.6 is 15.9 Å². The third-order valence-corrected chi connectivity index (χ3v) is 4.07. The Morgan fingerprint density at radius 3 is 2.72 bits per heavy atom. The van der Waals surface area contributed by atoms with Crippen molar-refractivity contribution in [3.63, 3.8) is 0 Å². The van der Waals surface area contributed by atoms with Crippen molar-refractivity contribution in [2.45, 2.75) is 4.90 Å². The lowest BCUT2D eigenvalue weighted by molar-refractivity contribution is 0.601. The second kappa shape index (κ2) is 4.91. The van der Waals surface area contributed by atoms with Gasteiger partial charge in [0.15, 0.2) is 0 Å². The first kappa shape index (κ1) is 12.8. The van der Waals surface area contributed by atoms with Gasteiger partial charge < -0.3 is 5.73 Å². The third-order valence-electron chi connectivity index (χ3n) is 2.08. The normalized spacial score (nSPS) is 11.2. The third kappa shape index (κ3) is 2.77. The summed E-state index contributed by atoms with van der Waals surface area (Å²) in [7, 11) is -3.69. The fourth-order valence-corrected chi connectivity index (χ4v) is 2.84. The van der Waals surface area contributed by atoms with Crippen LogP contribution in [0.15, 0.2) is 46.2 Å². The number of halogens is 1. The van der Waals surface area contributed by atoms with Crippen molar-refractivity contribution in [1.82, 2.24) is 9.97 Å². The summed E-state index contributed by atoms with van der Waals surface area (Å²) in [6.07, 6.45) is 4.33. The van der Waals surface area contributed by atoms with Crippen LogP contribution in [0.2, 0.25) is 0 Å². The summed E-state index contributed by atoms with van der Waals surface area (Å²) in [5.41, 5.74) is 5.86. The predicted molar refractivity (Wildman–Crippen MR) is 71.4 cm³/mol. The van der Waals surface area contributed by atoms with Gasteiger partial charge in [-0.3, -0.25) is 9.71 Å². The van der Waals surface area contributed by atoms with Crippen LogP contribution in [0.1, 0.15) is 0 Å². The molecule has 0 saturated carbocycles. The Balaban J connectivity index is 2.37. The SMILES string of the molecule is Nc1cc(S(=O)(=O)Nc2ccncc2Br)ccn1. The summed E-state index contributed by atoms with van der Waals surface area (Å²) >= 11 is 3.21. The van der Waals surface area contributed by atoms with Crippen molar-refractivity contribution in [3.8, 4) is 0 Å². The van der Waals surface area contributed by atoms with Gasteiger partial charge in [0, 0.05) is 24.7 Å².